The van der Waals surface area contributed by atoms with Gasteiger partial charge in [-0.2, -0.15) is 26.3 Å². The number of nitrogens with zero attached hydrogens (tertiary/aromatic N) is 3. The van der Waals surface area contributed by atoms with Crippen LogP contribution < -0.4 is 15.1 Å². The van der Waals surface area contributed by atoms with Gasteiger partial charge in [0.05, 0.1) is 30.3 Å². The Morgan fingerprint density at radius 3 is 1.91 bits per heavy atom. The van der Waals surface area contributed by atoms with E-state index in [1.807, 2.05) is 21.9 Å². The summed E-state index contributed by atoms with van der Waals surface area (Å²) in [5.74, 6) is 0.0134. The fourth-order valence-electron chi connectivity index (χ4n) is 5.86. The summed E-state index contributed by atoms with van der Waals surface area (Å²) in [6.07, 6.45) is -7.77. The van der Waals surface area contributed by atoms with Crippen LogP contribution in [0.2, 0.25) is 0 Å². The number of anilines is 2. The summed E-state index contributed by atoms with van der Waals surface area (Å²) in [6.45, 7) is 5.69. The Morgan fingerprint density at radius 1 is 0.783 bits per heavy atom. The summed E-state index contributed by atoms with van der Waals surface area (Å²) in [5.41, 5.74) is 2.20. The number of halogens is 7. The first-order chi connectivity index (χ1) is 21.9. The molecule has 1 unspecified atom stereocenters. The lowest BCUT2D eigenvalue weighted by molar-refractivity contribution is -0.138. The van der Waals surface area contributed by atoms with E-state index >= 15 is 0 Å². The lowest BCUT2D eigenvalue weighted by Crippen LogP contribution is -2.49. The number of benzene rings is 3. The zero-order valence-corrected chi connectivity index (χ0v) is 26.6. The van der Waals surface area contributed by atoms with Gasteiger partial charge in [0.2, 0.25) is 5.91 Å². The van der Waals surface area contributed by atoms with Gasteiger partial charge in [-0.15, -0.1) is 0 Å². The quantitative estimate of drug-likeness (QED) is 0.298. The first kappa shape index (κ1) is 34.1. The second-order valence-corrected chi connectivity index (χ2v) is 12.3. The van der Waals surface area contributed by atoms with Gasteiger partial charge in [0.1, 0.15) is 0 Å². The molecule has 2 fully saturated rings. The summed E-state index contributed by atoms with van der Waals surface area (Å²) < 4.78 is 83.3. The summed E-state index contributed by atoms with van der Waals surface area (Å²) in [5, 5.41) is 3.17. The molecule has 1 amide bonds. The topological polar surface area (TPSA) is 48.1 Å². The van der Waals surface area contributed by atoms with Crippen LogP contribution in [-0.4, -0.2) is 69.8 Å². The lowest BCUT2D eigenvalue weighted by Gasteiger charge is -2.37. The predicted octanol–water partition coefficient (Wildman–Crippen LogP) is 6.94. The van der Waals surface area contributed by atoms with Crippen molar-refractivity contribution in [3.05, 3.63) is 93.5 Å². The van der Waals surface area contributed by atoms with Crippen molar-refractivity contribution in [1.29, 1.82) is 0 Å². The van der Waals surface area contributed by atoms with Crippen LogP contribution in [0.1, 0.15) is 34.8 Å². The number of hydrogen-bond acceptors (Lipinski definition) is 5. The van der Waals surface area contributed by atoms with E-state index < -0.39 is 23.5 Å². The molecule has 0 aliphatic carbocycles. The third-order valence-electron chi connectivity index (χ3n) is 8.33. The molecule has 3 aliphatic heterocycles. The molecular weight excluding hydrogens is 678 g/mol. The highest BCUT2D eigenvalue weighted by atomic mass is 79.9. The Morgan fingerprint density at radius 2 is 1.35 bits per heavy atom. The molecule has 1 N–H and O–H groups in total. The molecular formula is C33H35BrF6N4O2. The van der Waals surface area contributed by atoms with Crippen LogP contribution in [-0.2, 0) is 28.3 Å². The SMILES string of the molecule is FC(F)(F)c1cccc(N2CCNCC2)c1.O=C(CC1OCCc2cc(Br)ccc21)N1CCN(c2cccc(C(F)(F)F)c2)CC1. The number of hydrogen-bond donors (Lipinski definition) is 1. The van der Waals surface area contributed by atoms with E-state index in [1.165, 1.54) is 29.8 Å². The summed E-state index contributed by atoms with van der Waals surface area (Å²) in [4.78, 5) is 18.5. The van der Waals surface area contributed by atoms with Gasteiger partial charge < -0.3 is 24.8 Å². The molecule has 3 aliphatic rings. The van der Waals surface area contributed by atoms with Crippen molar-refractivity contribution < 1.29 is 35.9 Å². The zero-order valence-electron chi connectivity index (χ0n) is 25.0. The Labute approximate surface area is 272 Å². The van der Waals surface area contributed by atoms with E-state index in [-0.39, 0.29) is 18.4 Å². The first-order valence-electron chi connectivity index (χ1n) is 15.1. The predicted molar refractivity (Wildman–Crippen MR) is 168 cm³/mol. The molecule has 3 heterocycles. The van der Waals surface area contributed by atoms with E-state index in [4.69, 9.17) is 4.74 Å². The van der Waals surface area contributed by atoms with Gasteiger partial charge in [-0.05, 0) is 66.1 Å². The Hall–Kier alpha value is -3.29. The molecule has 13 heteroatoms. The summed E-state index contributed by atoms with van der Waals surface area (Å²) >= 11 is 3.48. The number of ether oxygens (including phenoxy) is 1. The minimum atomic E-state index is -4.36. The molecule has 0 bridgehead atoms. The van der Waals surface area contributed by atoms with Gasteiger partial charge in [-0.1, -0.05) is 34.1 Å². The number of carbonyl (C=O) groups excluding carboxylic acids is 1. The molecule has 6 nitrogen and oxygen atoms in total. The molecule has 2 saturated heterocycles. The fourth-order valence-corrected chi connectivity index (χ4v) is 6.27. The monoisotopic (exact) mass is 712 g/mol. The van der Waals surface area contributed by atoms with Crippen molar-refractivity contribution in [1.82, 2.24) is 10.2 Å². The number of piperazine rings is 2. The maximum absolute atomic E-state index is 13.0. The van der Waals surface area contributed by atoms with Crippen molar-refractivity contribution >= 4 is 33.2 Å². The van der Waals surface area contributed by atoms with Crippen LogP contribution in [0.15, 0.2) is 71.2 Å². The van der Waals surface area contributed by atoms with Crippen LogP contribution in [0.3, 0.4) is 0 Å². The molecule has 0 spiro atoms. The third-order valence-corrected chi connectivity index (χ3v) is 8.82. The highest BCUT2D eigenvalue weighted by Gasteiger charge is 2.33. The second-order valence-electron chi connectivity index (χ2n) is 11.4. The van der Waals surface area contributed by atoms with Crippen molar-refractivity contribution in [3.63, 3.8) is 0 Å². The van der Waals surface area contributed by atoms with E-state index in [0.29, 0.717) is 44.2 Å². The summed E-state index contributed by atoms with van der Waals surface area (Å²) in [6, 6.07) is 16.9. The van der Waals surface area contributed by atoms with E-state index in [0.717, 1.165) is 54.8 Å². The molecule has 0 saturated carbocycles. The number of nitrogens with one attached hydrogen (secondary N) is 1. The molecule has 3 aromatic carbocycles. The first-order valence-corrected chi connectivity index (χ1v) is 15.9. The highest BCUT2D eigenvalue weighted by Crippen LogP contribution is 2.34. The van der Waals surface area contributed by atoms with Gasteiger partial charge in [0.25, 0.3) is 0 Å². The van der Waals surface area contributed by atoms with Crippen LogP contribution >= 0.6 is 15.9 Å². The van der Waals surface area contributed by atoms with E-state index in [1.54, 1.807) is 17.0 Å². The van der Waals surface area contributed by atoms with E-state index in [9.17, 15) is 31.1 Å². The Bertz CT molecular complexity index is 1490. The second kappa shape index (κ2) is 14.6. The normalized spacial score (nSPS) is 18.8. The van der Waals surface area contributed by atoms with Gasteiger partial charge in [-0.3, -0.25) is 4.79 Å². The molecule has 46 heavy (non-hydrogen) atoms. The molecule has 3 aromatic rings. The van der Waals surface area contributed by atoms with Gasteiger partial charge in [-0.25, -0.2) is 0 Å². The van der Waals surface area contributed by atoms with Crippen LogP contribution in [0.25, 0.3) is 0 Å². The third kappa shape index (κ3) is 8.74. The van der Waals surface area contributed by atoms with Crippen LogP contribution in [0, 0.1) is 0 Å². The molecule has 0 radical (unpaired) electrons. The van der Waals surface area contributed by atoms with Gasteiger partial charge in [0, 0.05) is 68.2 Å². The number of fused-ring (bicyclic) bond motifs is 1. The van der Waals surface area contributed by atoms with Crippen molar-refractivity contribution in [3.8, 4) is 0 Å². The fraction of sp³-hybridized carbons (Fsp3) is 0.424. The standard InChI is InChI=1S/C22H22BrF3N2O2.C11H13F3N2/c23-17-4-5-19-15(12-17)6-11-30-20(19)14-21(29)28-9-7-27(8-10-28)18-3-1-2-16(13-18)22(24,25)26;12-11(13,14)9-2-1-3-10(8-9)16-6-4-15-5-7-16/h1-5,12-13,20H,6-11,14H2;1-3,8,15H,4-7H2. The van der Waals surface area contributed by atoms with Crippen LogP contribution in [0.5, 0.6) is 0 Å². The van der Waals surface area contributed by atoms with E-state index in [2.05, 4.69) is 27.3 Å². The smallest absolute Gasteiger partial charge is 0.373 e. The van der Waals surface area contributed by atoms with Crippen molar-refractivity contribution in [2.45, 2.75) is 31.3 Å². The molecule has 248 valence electrons. The maximum Gasteiger partial charge on any atom is 0.416 e. The average Bonchev–Trinajstić information content (AvgIpc) is 3.05. The summed E-state index contributed by atoms with van der Waals surface area (Å²) in [7, 11) is 0. The van der Waals surface area contributed by atoms with Crippen LogP contribution in [0.4, 0.5) is 37.7 Å². The van der Waals surface area contributed by atoms with Crippen molar-refractivity contribution in [2.24, 2.45) is 0 Å². The molecule has 0 aromatic heterocycles. The average molecular weight is 714 g/mol. The largest absolute Gasteiger partial charge is 0.416 e. The Kier molecular flexibility index (Phi) is 10.8. The van der Waals surface area contributed by atoms with Crippen molar-refractivity contribution in [2.75, 3.05) is 68.8 Å². The molecule has 6 rings (SSSR count). The Balaban J connectivity index is 0.000000219. The minimum Gasteiger partial charge on any atom is -0.373 e. The zero-order chi connectivity index (χ0) is 32.9. The number of rotatable bonds is 4. The minimum absolute atomic E-state index is 0.0134. The molecule has 1 atom stereocenters. The maximum atomic E-state index is 13.0. The number of amides is 1. The highest BCUT2D eigenvalue weighted by molar-refractivity contribution is 9.10. The van der Waals surface area contributed by atoms with Gasteiger partial charge in [0.15, 0.2) is 0 Å². The number of carbonyl (C=O) groups is 1. The lowest BCUT2D eigenvalue weighted by atomic mass is 9.95. The van der Waals surface area contributed by atoms with Gasteiger partial charge >= 0.3 is 12.4 Å². The number of alkyl halides is 6.